The average Bonchev–Trinajstić information content (AvgIpc) is 2.94. The van der Waals surface area contributed by atoms with E-state index in [-0.39, 0.29) is 6.04 Å². The van der Waals surface area contributed by atoms with Crippen molar-refractivity contribution < 1.29 is 0 Å². The molecule has 0 saturated carbocycles. The molecular weight excluding hydrogens is 286 g/mol. The van der Waals surface area contributed by atoms with Crippen LogP contribution in [0, 0.1) is 5.92 Å². The van der Waals surface area contributed by atoms with Gasteiger partial charge in [-0.15, -0.1) is 0 Å². The zero-order chi connectivity index (χ0) is 16.8. The Hall–Kier alpha value is -0.910. The highest BCUT2D eigenvalue weighted by Crippen LogP contribution is 2.16. The lowest BCUT2D eigenvalue weighted by molar-refractivity contribution is 0.102. The number of nitrogens with zero attached hydrogens (tertiary/aromatic N) is 3. The first-order valence-electron chi connectivity index (χ1n) is 9.24. The lowest BCUT2D eigenvalue weighted by Gasteiger charge is -2.36. The molecule has 1 aliphatic rings. The SMILES string of the molecule is CCCC(Cc1cnc(CN2CCN(C(C)C)CC2)[nH]1)C(C)N. The molecule has 5 nitrogen and oxygen atoms in total. The molecule has 1 fully saturated rings. The fourth-order valence-corrected chi connectivity index (χ4v) is 3.44. The highest BCUT2D eigenvalue weighted by atomic mass is 15.3. The van der Waals surface area contributed by atoms with Crippen LogP contribution in [0.4, 0.5) is 0 Å². The van der Waals surface area contributed by atoms with Crippen LogP contribution in [0.3, 0.4) is 0 Å². The predicted molar refractivity (Wildman–Crippen MR) is 96.3 cm³/mol. The molecule has 5 heteroatoms. The normalized spacial score (nSPS) is 20.1. The van der Waals surface area contributed by atoms with Crippen LogP contribution in [0.25, 0.3) is 0 Å². The van der Waals surface area contributed by atoms with Crippen LogP contribution in [-0.4, -0.2) is 58.0 Å². The van der Waals surface area contributed by atoms with Crippen LogP contribution in [0.5, 0.6) is 0 Å². The van der Waals surface area contributed by atoms with Crippen molar-refractivity contribution in [1.82, 2.24) is 19.8 Å². The van der Waals surface area contributed by atoms with Crippen molar-refractivity contribution in [1.29, 1.82) is 0 Å². The van der Waals surface area contributed by atoms with Crippen LogP contribution in [0.15, 0.2) is 6.20 Å². The van der Waals surface area contributed by atoms with E-state index in [1.807, 2.05) is 6.20 Å². The van der Waals surface area contributed by atoms with Gasteiger partial charge in [0.2, 0.25) is 0 Å². The minimum atomic E-state index is 0.241. The molecule has 0 amide bonds. The molecule has 1 saturated heterocycles. The Morgan fingerprint density at radius 1 is 1.22 bits per heavy atom. The predicted octanol–water partition coefficient (Wildman–Crippen LogP) is 2.24. The Morgan fingerprint density at radius 3 is 2.48 bits per heavy atom. The number of aromatic amines is 1. The fraction of sp³-hybridized carbons (Fsp3) is 0.833. The van der Waals surface area contributed by atoms with E-state index in [0.29, 0.717) is 12.0 Å². The zero-order valence-corrected chi connectivity index (χ0v) is 15.4. The van der Waals surface area contributed by atoms with Gasteiger partial charge in [0.1, 0.15) is 5.82 Å². The molecule has 0 aromatic carbocycles. The quantitative estimate of drug-likeness (QED) is 0.771. The van der Waals surface area contributed by atoms with Gasteiger partial charge in [0.15, 0.2) is 0 Å². The largest absolute Gasteiger partial charge is 0.345 e. The summed E-state index contributed by atoms with van der Waals surface area (Å²) in [6.07, 6.45) is 5.39. The molecule has 1 aromatic heterocycles. The highest BCUT2D eigenvalue weighted by molar-refractivity contribution is 5.03. The third-order valence-corrected chi connectivity index (χ3v) is 5.08. The Labute approximate surface area is 141 Å². The van der Waals surface area contributed by atoms with E-state index >= 15 is 0 Å². The molecule has 0 radical (unpaired) electrons. The summed E-state index contributed by atoms with van der Waals surface area (Å²) in [4.78, 5) is 13.1. The maximum Gasteiger partial charge on any atom is 0.120 e. The van der Waals surface area contributed by atoms with Gasteiger partial charge in [-0.2, -0.15) is 0 Å². The van der Waals surface area contributed by atoms with E-state index in [9.17, 15) is 0 Å². The first-order chi connectivity index (χ1) is 11.0. The molecule has 1 aliphatic heterocycles. The summed E-state index contributed by atoms with van der Waals surface area (Å²) in [6.45, 7) is 14.4. The molecule has 3 N–H and O–H groups in total. The van der Waals surface area contributed by atoms with Crippen LogP contribution in [-0.2, 0) is 13.0 Å². The number of H-pyrrole nitrogens is 1. The molecule has 2 rings (SSSR count). The first-order valence-corrected chi connectivity index (χ1v) is 9.24. The minimum absolute atomic E-state index is 0.241. The topological polar surface area (TPSA) is 61.2 Å². The number of nitrogens with two attached hydrogens (primary N) is 1. The first kappa shape index (κ1) is 18.4. The van der Waals surface area contributed by atoms with Crippen molar-refractivity contribution in [2.24, 2.45) is 11.7 Å². The van der Waals surface area contributed by atoms with Gasteiger partial charge in [0.05, 0.1) is 6.54 Å². The standard InChI is InChI=1S/C18H35N5/c1-5-6-16(15(4)19)11-17-12-20-18(21-17)13-22-7-9-23(10-8-22)14(2)3/h12,14-16H,5-11,13,19H2,1-4H3,(H,20,21). The zero-order valence-electron chi connectivity index (χ0n) is 15.4. The molecule has 2 heterocycles. The van der Waals surface area contributed by atoms with E-state index in [0.717, 1.165) is 45.0 Å². The Balaban J connectivity index is 1.83. The molecule has 2 atom stereocenters. The number of imidazole rings is 1. The molecule has 132 valence electrons. The lowest BCUT2D eigenvalue weighted by atomic mass is 9.92. The average molecular weight is 322 g/mol. The third kappa shape index (κ3) is 5.59. The molecule has 0 bridgehead atoms. The van der Waals surface area contributed by atoms with Crippen molar-refractivity contribution >= 4 is 0 Å². The van der Waals surface area contributed by atoms with Gasteiger partial charge in [-0.25, -0.2) is 4.98 Å². The highest BCUT2D eigenvalue weighted by Gasteiger charge is 2.20. The molecular formula is C18H35N5. The smallest absolute Gasteiger partial charge is 0.120 e. The summed E-state index contributed by atoms with van der Waals surface area (Å²) in [5, 5.41) is 0. The van der Waals surface area contributed by atoms with Gasteiger partial charge in [-0.1, -0.05) is 13.3 Å². The van der Waals surface area contributed by atoms with Crippen molar-refractivity contribution in [3.05, 3.63) is 17.7 Å². The van der Waals surface area contributed by atoms with Gasteiger partial charge in [-0.05, 0) is 39.5 Å². The van der Waals surface area contributed by atoms with E-state index in [4.69, 9.17) is 5.73 Å². The fourth-order valence-electron chi connectivity index (χ4n) is 3.44. The number of rotatable bonds is 8. The van der Waals surface area contributed by atoms with Crippen molar-refractivity contribution in [2.75, 3.05) is 26.2 Å². The van der Waals surface area contributed by atoms with Crippen molar-refractivity contribution in [3.63, 3.8) is 0 Å². The van der Waals surface area contributed by atoms with Crippen molar-refractivity contribution in [2.45, 2.75) is 65.6 Å². The lowest BCUT2D eigenvalue weighted by Crippen LogP contribution is -2.48. The van der Waals surface area contributed by atoms with Crippen LogP contribution in [0.2, 0.25) is 0 Å². The second-order valence-corrected chi connectivity index (χ2v) is 7.37. The molecule has 0 aliphatic carbocycles. The molecule has 0 spiro atoms. The maximum absolute atomic E-state index is 6.12. The van der Waals surface area contributed by atoms with Crippen LogP contribution in [0.1, 0.15) is 52.1 Å². The number of hydrogen-bond acceptors (Lipinski definition) is 4. The Bertz CT molecular complexity index is 446. The molecule has 23 heavy (non-hydrogen) atoms. The summed E-state index contributed by atoms with van der Waals surface area (Å²) >= 11 is 0. The second-order valence-electron chi connectivity index (χ2n) is 7.37. The van der Waals surface area contributed by atoms with E-state index in [1.54, 1.807) is 0 Å². The number of piperazine rings is 1. The summed E-state index contributed by atoms with van der Waals surface area (Å²) in [6, 6.07) is 0.895. The van der Waals surface area contributed by atoms with Gasteiger partial charge >= 0.3 is 0 Å². The van der Waals surface area contributed by atoms with Crippen LogP contribution >= 0.6 is 0 Å². The number of aromatic nitrogens is 2. The summed E-state index contributed by atoms with van der Waals surface area (Å²) in [5.41, 5.74) is 7.35. The Morgan fingerprint density at radius 2 is 1.91 bits per heavy atom. The van der Waals surface area contributed by atoms with Gasteiger partial charge in [0, 0.05) is 50.2 Å². The summed E-state index contributed by atoms with van der Waals surface area (Å²) in [7, 11) is 0. The minimum Gasteiger partial charge on any atom is -0.345 e. The van der Waals surface area contributed by atoms with Gasteiger partial charge < -0.3 is 10.7 Å². The summed E-state index contributed by atoms with van der Waals surface area (Å²) in [5.74, 6) is 1.64. The second kappa shape index (κ2) is 8.81. The van der Waals surface area contributed by atoms with E-state index in [2.05, 4.69) is 47.5 Å². The van der Waals surface area contributed by atoms with Crippen LogP contribution < -0.4 is 5.73 Å². The Kier molecular flexibility index (Phi) is 7.06. The van der Waals surface area contributed by atoms with E-state index in [1.165, 1.54) is 18.5 Å². The van der Waals surface area contributed by atoms with E-state index < -0.39 is 0 Å². The van der Waals surface area contributed by atoms with Gasteiger partial charge in [0.25, 0.3) is 0 Å². The monoisotopic (exact) mass is 321 g/mol. The van der Waals surface area contributed by atoms with Gasteiger partial charge in [-0.3, -0.25) is 9.80 Å². The van der Waals surface area contributed by atoms with Crippen molar-refractivity contribution in [3.8, 4) is 0 Å². The molecule has 2 unspecified atom stereocenters. The maximum atomic E-state index is 6.12. The molecule has 1 aromatic rings. The number of nitrogens with one attached hydrogen (secondary N) is 1. The number of hydrogen-bond donors (Lipinski definition) is 2. The summed E-state index contributed by atoms with van der Waals surface area (Å²) < 4.78 is 0. The third-order valence-electron chi connectivity index (χ3n) is 5.08.